The predicted molar refractivity (Wildman–Crippen MR) is 103 cm³/mol. The fraction of sp³-hybridized carbons (Fsp3) is 0.765. The number of hydrogen-bond donors (Lipinski definition) is 0. The third-order valence-corrected chi connectivity index (χ3v) is 12.9. The molecule has 0 spiro atoms. The number of unbranched alkanes of at least 4 members (excludes halogenated alkanes) is 2. The summed E-state index contributed by atoms with van der Waals surface area (Å²) in [7, 11) is -6.91. The zero-order valence-corrected chi connectivity index (χ0v) is 19.2. The van der Waals surface area contributed by atoms with Gasteiger partial charge < -0.3 is 17.7 Å². The van der Waals surface area contributed by atoms with Crippen LogP contribution in [0.4, 0.5) is 0 Å². The molecule has 0 rings (SSSR count). The summed E-state index contributed by atoms with van der Waals surface area (Å²) < 4.78 is 22.2. The molecule has 0 aromatic rings. The lowest BCUT2D eigenvalue weighted by molar-refractivity contribution is -0.139. The lowest BCUT2D eigenvalue weighted by Gasteiger charge is -2.36. The Morgan fingerprint density at radius 2 is 0.852 bits per heavy atom. The summed E-state index contributed by atoms with van der Waals surface area (Å²) >= 11 is 0. The minimum absolute atomic E-state index is 0.0156. The summed E-state index contributed by atoms with van der Waals surface area (Å²) in [4.78, 5) is 47.1. The van der Waals surface area contributed by atoms with E-state index in [0.717, 1.165) is 12.8 Å². The molecule has 0 heterocycles. The maximum atomic E-state index is 11.8. The molecule has 0 amide bonds. The van der Waals surface area contributed by atoms with Crippen LogP contribution < -0.4 is 0 Å². The molecule has 0 saturated carbocycles. The number of rotatable bonds is 12. The van der Waals surface area contributed by atoms with Gasteiger partial charge in [-0.2, -0.15) is 0 Å². The summed E-state index contributed by atoms with van der Waals surface area (Å²) in [6, 6.07) is 0.706. The summed E-state index contributed by atoms with van der Waals surface area (Å²) in [5, 5.41) is 0. The van der Waals surface area contributed by atoms with Crippen molar-refractivity contribution in [1.82, 2.24) is 0 Å². The molecule has 0 bridgehead atoms. The Hall–Kier alpha value is -1.69. The van der Waals surface area contributed by atoms with E-state index in [1.807, 2.05) is 13.8 Å². The van der Waals surface area contributed by atoms with E-state index >= 15 is 0 Å². The molecule has 0 aliphatic carbocycles. The number of carbonyl (C=O) groups is 4. The summed E-state index contributed by atoms with van der Waals surface area (Å²) in [6.45, 7) is 8.88. The van der Waals surface area contributed by atoms with Gasteiger partial charge in [0.15, 0.2) is 0 Å². The first kappa shape index (κ1) is 25.3. The van der Waals surface area contributed by atoms with Crippen molar-refractivity contribution in [1.29, 1.82) is 0 Å². The Kier molecular flexibility index (Phi) is 11.2. The van der Waals surface area contributed by atoms with Gasteiger partial charge >= 0.3 is 17.1 Å². The van der Waals surface area contributed by atoms with Gasteiger partial charge in [-0.15, -0.1) is 0 Å². The third kappa shape index (κ3) is 10.3. The molecule has 0 unspecified atom stereocenters. The van der Waals surface area contributed by atoms with Gasteiger partial charge in [0.05, 0.1) is 5.67 Å². The second-order valence-corrected chi connectivity index (χ2v) is 13.5. The second-order valence-electron chi connectivity index (χ2n) is 6.58. The molecule has 0 aromatic heterocycles. The van der Waals surface area contributed by atoms with Crippen molar-refractivity contribution in [3.8, 4) is 0 Å². The van der Waals surface area contributed by atoms with Crippen LogP contribution in [0.15, 0.2) is 0 Å². The van der Waals surface area contributed by atoms with E-state index in [1.54, 1.807) is 0 Å². The Labute approximate surface area is 163 Å². The lowest BCUT2D eigenvalue weighted by Crippen LogP contribution is -2.57. The van der Waals surface area contributed by atoms with Crippen LogP contribution in [0.1, 0.15) is 67.2 Å². The topological polar surface area (TPSA) is 105 Å². The SMILES string of the molecule is CCCC[Si](C[Si](CCCC)(OC(C)=O)OC(C)=O)(OC(C)=O)OC(C)=O. The lowest BCUT2D eigenvalue weighted by atomic mass is 10.4. The average Bonchev–Trinajstić information content (AvgIpc) is 2.48. The Morgan fingerprint density at radius 3 is 1.04 bits per heavy atom. The van der Waals surface area contributed by atoms with E-state index < -0.39 is 41.0 Å². The summed E-state index contributed by atoms with van der Waals surface area (Å²) in [5.74, 6) is -2.32. The fourth-order valence-electron chi connectivity index (χ4n) is 2.92. The van der Waals surface area contributed by atoms with Crippen molar-refractivity contribution in [3.63, 3.8) is 0 Å². The summed E-state index contributed by atoms with van der Waals surface area (Å²) in [6.07, 6.45) is 2.90. The van der Waals surface area contributed by atoms with Crippen LogP contribution in [-0.4, -0.2) is 41.0 Å². The largest absolute Gasteiger partial charge is 0.485 e. The Balaban J connectivity index is 6.13. The van der Waals surface area contributed by atoms with E-state index in [9.17, 15) is 19.2 Å². The minimum atomic E-state index is -3.45. The van der Waals surface area contributed by atoms with E-state index in [-0.39, 0.29) is 5.67 Å². The molecule has 0 N–H and O–H groups in total. The first-order valence-corrected chi connectivity index (χ1v) is 13.7. The van der Waals surface area contributed by atoms with Crippen LogP contribution in [0.25, 0.3) is 0 Å². The first-order valence-electron chi connectivity index (χ1n) is 9.28. The smallest absolute Gasteiger partial charge is 0.468 e. The molecule has 0 atom stereocenters. The monoisotopic (exact) mass is 420 g/mol. The van der Waals surface area contributed by atoms with Crippen molar-refractivity contribution >= 4 is 41.0 Å². The van der Waals surface area contributed by atoms with Gasteiger partial charge in [0, 0.05) is 39.8 Å². The molecule has 0 radical (unpaired) electrons. The van der Waals surface area contributed by atoms with E-state index in [0.29, 0.717) is 24.9 Å². The minimum Gasteiger partial charge on any atom is -0.485 e. The van der Waals surface area contributed by atoms with Crippen molar-refractivity contribution < 1.29 is 36.9 Å². The van der Waals surface area contributed by atoms with Crippen molar-refractivity contribution in [2.24, 2.45) is 0 Å². The highest BCUT2D eigenvalue weighted by molar-refractivity contribution is 6.88. The van der Waals surface area contributed by atoms with Gasteiger partial charge in [0.1, 0.15) is 0 Å². The quantitative estimate of drug-likeness (QED) is 0.443. The van der Waals surface area contributed by atoms with Gasteiger partial charge in [-0.1, -0.05) is 26.7 Å². The number of hydrogen-bond acceptors (Lipinski definition) is 8. The van der Waals surface area contributed by atoms with E-state index in [4.69, 9.17) is 17.7 Å². The van der Waals surface area contributed by atoms with Crippen LogP contribution in [0.3, 0.4) is 0 Å². The predicted octanol–water partition coefficient (Wildman–Crippen LogP) is 3.26. The van der Waals surface area contributed by atoms with Crippen molar-refractivity contribution in [2.75, 3.05) is 0 Å². The van der Waals surface area contributed by atoms with Crippen LogP contribution >= 0.6 is 0 Å². The van der Waals surface area contributed by atoms with Crippen molar-refractivity contribution in [2.45, 2.75) is 85.0 Å². The van der Waals surface area contributed by atoms with Crippen molar-refractivity contribution in [3.05, 3.63) is 0 Å². The van der Waals surface area contributed by atoms with Crippen LogP contribution in [-0.2, 0) is 36.9 Å². The van der Waals surface area contributed by atoms with Crippen LogP contribution in [0.5, 0.6) is 0 Å². The van der Waals surface area contributed by atoms with Gasteiger partial charge in [-0.3, -0.25) is 19.2 Å². The number of carbonyl (C=O) groups excluding carboxylic acids is 4. The highest BCUT2D eigenvalue weighted by Gasteiger charge is 2.58. The second kappa shape index (κ2) is 11.9. The first-order chi connectivity index (χ1) is 12.5. The summed E-state index contributed by atoms with van der Waals surface area (Å²) in [5.41, 5.74) is -0.0156. The maximum absolute atomic E-state index is 11.8. The highest BCUT2D eigenvalue weighted by atomic mass is 28.4. The Morgan fingerprint density at radius 1 is 0.593 bits per heavy atom. The third-order valence-electron chi connectivity index (χ3n) is 3.68. The van der Waals surface area contributed by atoms with E-state index in [1.165, 1.54) is 27.7 Å². The fourth-order valence-corrected chi connectivity index (χ4v) is 13.1. The van der Waals surface area contributed by atoms with Gasteiger partial charge in [0.2, 0.25) is 0 Å². The zero-order chi connectivity index (χ0) is 21.1. The molecule has 0 aromatic carbocycles. The van der Waals surface area contributed by atoms with Crippen LogP contribution in [0.2, 0.25) is 17.8 Å². The average molecular weight is 421 g/mol. The van der Waals surface area contributed by atoms with Crippen LogP contribution in [0, 0.1) is 0 Å². The maximum Gasteiger partial charge on any atom is 0.468 e. The Bertz CT molecular complexity index is 457. The molecule has 0 saturated heterocycles. The standard InChI is InChI=1S/C17H32O8Si2/c1-7-9-11-26(22-14(3)18,23-15(4)19)13-27(12-10-8-2,24-16(5)20)25-17(6)21/h7-13H2,1-6H3. The van der Waals surface area contributed by atoms with Gasteiger partial charge in [0.25, 0.3) is 23.9 Å². The molecular weight excluding hydrogens is 388 g/mol. The van der Waals surface area contributed by atoms with Gasteiger partial charge in [-0.25, -0.2) is 0 Å². The zero-order valence-electron chi connectivity index (χ0n) is 17.2. The van der Waals surface area contributed by atoms with E-state index in [2.05, 4.69) is 0 Å². The molecule has 0 aliphatic rings. The molecular formula is C17H32O8Si2. The highest BCUT2D eigenvalue weighted by Crippen LogP contribution is 2.33. The van der Waals surface area contributed by atoms with Gasteiger partial charge in [-0.05, 0) is 12.8 Å². The normalized spacial score (nSPS) is 11.5. The molecule has 10 heteroatoms. The molecule has 156 valence electrons. The molecule has 27 heavy (non-hydrogen) atoms. The molecule has 0 aliphatic heterocycles. The molecule has 0 fully saturated rings. The molecule has 8 nitrogen and oxygen atoms in total.